The van der Waals surface area contributed by atoms with Gasteiger partial charge in [0.15, 0.2) is 11.6 Å². The van der Waals surface area contributed by atoms with Crippen molar-refractivity contribution in [1.29, 1.82) is 0 Å². The average molecular weight is 227 g/mol. The molecule has 0 heterocycles. The molecule has 0 spiro atoms. The molecule has 0 unspecified atom stereocenters. The Morgan fingerprint density at radius 1 is 1.44 bits per heavy atom. The van der Waals surface area contributed by atoms with Gasteiger partial charge in [-0.25, -0.2) is 4.39 Å². The molecule has 5 heteroatoms. The second kappa shape index (κ2) is 5.46. The van der Waals surface area contributed by atoms with Crippen LogP contribution in [0.2, 0.25) is 0 Å². The molecule has 2 atom stereocenters. The van der Waals surface area contributed by atoms with Gasteiger partial charge in [0, 0.05) is 0 Å². The number of ether oxygens (including phenoxy) is 2. The molecule has 1 aromatic carbocycles. The van der Waals surface area contributed by atoms with Gasteiger partial charge in [0.2, 0.25) is 0 Å². The number of nitrogens with two attached hydrogens (primary N) is 1. The summed E-state index contributed by atoms with van der Waals surface area (Å²) in [6.07, 6.45) is -0.663. The van der Waals surface area contributed by atoms with Crippen molar-refractivity contribution < 1.29 is 18.7 Å². The van der Waals surface area contributed by atoms with Gasteiger partial charge < -0.3 is 15.2 Å². The first-order valence-electron chi connectivity index (χ1n) is 4.81. The summed E-state index contributed by atoms with van der Waals surface area (Å²) in [5.74, 6) is -1.02. The zero-order chi connectivity index (χ0) is 12.1. The molecule has 0 aliphatic carbocycles. The summed E-state index contributed by atoms with van der Waals surface area (Å²) in [5.41, 5.74) is 5.55. The van der Waals surface area contributed by atoms with E-state index in [4.69, 9.17) is 10.5 Å². The lowest BCUT2D eigenvalue weighted by atomic mass is 10.2. The topological polar surface area (TPSA) is 61.5 Å². The molecular formula is C11H14FNO3. The van der Waals surface area contributed by atoms with Gasteiger partial charge in [0.05, 0.1) is 7.11 Å². The quantitative estimate of drug-likeness (QED) is 0.782. The number of para-hydroxylation sites is 1. The molecule has 0 aromatic heterocycles. The predicted molar refractivity (Wildman–Crippen MR) is 56.5 cm³/mol. The Balaban J connectivity index is 2.68. The van der Waals surface area contributed by atoms with E-state index in [1.54, 1.807) is 19.1 Å². The highest BCUT2D eigenvalue weighted by Gasteiger charge is 2.23. The predicted octanol–water partition coefficient (Wildman–Crippen LogP) is 1.09. The summed E-state index contributed by atoms with van der Waals surface area (Å²) in [4.78, 5) is 11.1. The van der Waals surface area contributed by atoms with Gasteiger partial charge in [-0.05, 0) is 19.1 Å². The third kappa shape index (κ3) is 2.93. The van der Waals surface area contributed by atoms with E-state index in [2.05, 4.69) is 4.74 Å². The van der Waals surface area contributed by atoms with Crippen molar-refractivity contribution in [3.8, 4) is 5.75 Å². The number of benzene rings is 1. The third-order valence-electron chi connectivity index (χ3n) is 2.13. The molecule has 1 aromatic rings. The van der Waals surface area contributed by atoms with Crippen LogP contribution in [-0.2, 0) is 9.53 Å². The van der Waals surface area contributed by atoms with Gasteiger partial charge in [-0.1, -0.05) is 12.1 Å². The number of carbonyl (C=O) groups is 1. The lowest BCUT2D eigenvalue weighted by molar-refractivity contribution is -0.144. The van der Waals surface area contributed by atoms with Crippen LogP contribution in [0.5, 0.6) is 5.75 Å². The lowest BCUT2D eigenvalue weighted by Crippen LogP contribution is -2.44. The fourth-order valence-corrected chi connectivity index (χ4v) is 1.14. The Kier molecular flexibility index (Phi) is 4.25. The lowest BCUT2D eigenvalue weighted by Gasteiger charge is -2.19. The molecule has 4 nitrogen and oxygen atoms in total. The second-order valence-electron chi connectivity index (χ2n) is 3.30. The van der Waals surface area contributed by atoms with Crippen molar-refractivity contribution in [2.45, 2.75) is 19.1 Å². The van der Waals surface area contributed by atoms with E-state index in [-0.39, 0.29) is 5.75 Å². The smallest absolute Gasteiger partial charge is 0.326 e. The first kappa shape index (κ1) is 12.4. The van der Waals surface area contributed by atoms with E-state index in [0.717, 1.165) is 0 Å². The largest absolute Gasteiger partial charge is 0.485 e. The minimum atomic E-state index is -0.940. The maximum Gasteiger partial charge on any atom is 0.326 e. The number of esters is 1. The molecule has 0 radical (unpaired) electrons. The molecule has 1 rings (SSSR count). The first-order valence-corrected chi connectivity index (χ1v) is 4.81. The van der Waals surface area contributed by atoms with E-state index in [0.29, 0.717) is 0 Å². The van der Waals surface area contributed by atoms with Crippen LogP contribution in [0.25, 0.3) is 0 Å². The van der Waals surface area contributed by atoms with Gasteiger partial charge in [-0.2, -0.15) is 0 Å². The van der Waals surface area contributed by atoms with Crippen LogP contribution in [0, 0.1) is 5.82 Å². The summed E-state index contributed by atoms with van der Waals surface area (Å²) in [7, 11) is 1.23. The van der Waals surface area contributed by atoms with Crippen LogP contribution in [0.3, 0.4) is 0 Å². The Morgan fingerprint density at radius 3 is 2.62 bits per heavy atom. The molecule has 0 amide bonds. The van der Waals surface area contributed by atoms with Gasteiger partial charge in [0.25, 0.3) is 0 Å². The monoisotopic (exact) mass is 227 g/mol. The van der Waals surface area contributed by atoms with Crippen molar-refractivity contribution in [3.05, 3.63) is 30.1 Å². The summed E-state index contributed by atoms with van der Waals surface area (Å²) in [6, 6.07) is 4.98. The van der Waals surface area contributed by atoms with Crippen molar-refractivity contribution in [2.24, 2.45) is 5.73 Å². The van der Waals surface area contributed by atoms with E-state index < -0.39 is 23.9 Å². The Morgan fingerprint density at radius 2 is 2.06 bits per heavy atom. The van der Waals surface area contributed by atoms with Crippen LogP contribution >= 0.6 is 0 Å². The van der Waals surface area contributed by atoms with Crippen LogP contribution in [0.15, 0.2) is 24.3 Å². The summed E-state index contributed by atoms with van der Waals surface area (Å²) in [5, 5.41) is 0. The van der Waals surface area contributed by atoms with E-state index in [1.807, 2.05) is 0 Å². The highest BCUT2D eigenvalue weighted by atomic mass is 19.1. The fraction of sp³-hybridized carbons (Fsp3) is 0.364. The Labute approximate surface area is 93.2 Å². The van der Waals surface area contributed by atoms with Crippen molar-refractivity contribution >= 4 is 5.97 Å². The van der Waals surface area contributed by atoms with Gasteiger partial charge in [0.1, 0.15) is 12.1 Å². The standard InChI is InChI=1S/C11H14FNO3/c1-7(10(13)11(14)15-2)16-9-6-4-3-5-8(9)12/h3-7,10H,13H2,1-2H3/t7-,10-/m0/s1. The Bertz CT molecular complexity index is 370. The SMILES string of the molecule is COC(=O)[C@@H](N)[C@H](C)Oc1ccccc1F. The zero-order valence-corrected chi connectivity index (χ0v) is 9.14. The summed E-state index contributed by atoms with van der Waals surface area (Å²) < 4.78 is 22.9. The molecule has 88 valence electrons. The van der Waals surface area contributed by atoms with Crippen LogP contribution < -0.4 is 10.5 Å². The fourth-order valence-electron chi connectivity index (χ4n) is 1.14. The van der Waals surface area contributed by atoms with E-state index in [1.165, 1.54) is 19.2 Å². The molecule has 0 saturated carbocycles. The first-order chi connectivity index (χ1) is 7.56. The normalized spacial score (nSPS) is 14.0. The third-order valence-corrected chi connectivity index (χ3v) is 2.13. The highest BCUT2D eigenvalue weighted by Crippen LogP contribution is 2.17. The molecule has 0 bridgehead atoms. The molecule has 0 fully saturated rings. The summed E-state index contributed by atoms with van der Waals surface area (Å²) in [6.45, 7) is 1.58. The van der Waals surface area contributed by atoms with E-state index >= 15 is 0 Å². The highest BCUT2D eigenvalue weighted by molar-refractivity contribution is 5.76. The van der Waals surface area contributed by atoms with Crippen molar-refractivity contribution in [3.63, 3.8) is 0 Å². The van der Waals surface area contributed by atoms with Gasteiger partial charge >= 0.3 is 5.97 Å². The number of halogens is 1. The van der Waals surface area contributed by atoms with Crippen molar-refractivity contribution in [1.82, 2.24) is 0 Å². The van der Waals surface area contributed by atoms with Gasteiger partial charge in [-0.3, -0.25) is 4.79 Å². The Hall–Kier alpha value is -1.62. The maximum atomic E-state index is 13.2. The number of rotatable bonds is 4. The average Bonchev–Trinajstić information content (AvgIpc) is 2.30. The van der Waals surface area contributed by atoms with Gasteiger partial charge in [-0.15, -0.1) is 0 Å². The molecule has 0 aliphatic rings. The number of carbonyl (C=O) groups excluding carboxylic acids is 1. The number of methoxy groups -OCH3 is 1. The molecular weight excluding hydrogens is 213 g/mol. The second-order valence-corrected chi connectivity index (χ2v) is 3.30. The molecule has 16 heavy (non-hydrogen) atoms. The number of hydrogen-bond donors (Lipinski definition) is 1. The van der Waals surface area contributed by atoms with E-state index in [9.17, 15) is 9.18 Å². The van der Waals surface area contributed by atoms with Crippen LogP contribution in [-0.4, -0.2) is 25.2 Å². The molecule has 0 saturated heterocycles. The maximum absolute atomic E-state index is 13.2. The van der Waals surface area contributed by atoms with Crippen molar-refractivity contribution in [2.75, 3.05) is 7.11 Å². The number of hydrogen-bond acceptors (Lipinski definition) is 4. The molecule has 0 aliphatic heterocycles. The van der Waals surface area contributed by atoms with Crippen LogP contribution in [0.1, 0.15) is 6.92 Å². The van der Waals surface area contributed by atoms with Crippen LogP contribution in [0.4, 0.5) is 4.39 Å². The molecule has 2 N–H and O–H groups in total. The minimum Gasteiger partial charge on any atom is -0.485 e. The zero-order valence-electron chi connectivity index (χ0n) is 9.14. The summed E-state index contributed by atoms with van der Waals surface area (Å²) >= 11 is 0. The minimum absolute atomic E-state index is 0.0642.